The van der Waals surface area contributed by atoms with E-state index in [0.29, 0.717) is 0 Å². The van der Waals surface area contributed by atoms with Crippen molar-refractivity contribution in [1.82, 2.24) is 0 Å². The first-order valence-corrected chi connectivity index (χ1v) is 6.03. The van der Waals surface area contributed by atoms with Gasteiger partial charge >= 0.3 is 0 Å². The molecule has 1 saturated heterocycles. The highest BCUT2D eigenvalue weighted by Crippen LogP contribution is 2.57. The normalized spacial score (nSPS) is 49.1. The van der Waals surface area contributed by atoms with Crippen LogP contribution in [0.25, 0.3) is 0 Å². The lowest BCUT2D eigenvalue weighted by Gasteiger charge is -2.66. The van der Waals surface area contributed by atoms with Crippen LogP contribution < -0.4 is 0 Å². The van der Waals surface area contributed by atoms with E-state index >= 15 is 0 Å². The number of aliphatic hydroxyl groups excluding tert-OH is 1. The molecule has 0 aromatic rings. The highest BCUT2D eigenvalue weighted by molar-refractivity contribution is 5.20. The molecule has 0 saturated carbocycles. The molecule has 0 unspecified atom stereocenters. The number of hydrogen-bond donors (Lipinski definition) is 3. The predicted octanol–water partition coefficient (Wildman–Crippen LogP) is 1.07. The molecule has 1 aliphatic heterocycles. The van der Waals surface area contributed by atoms with Crippen LogP contribution in [-0.2, 0) is 4.74 Å². The number of rotatable bonds is 1. The van der Waals surface area contributed by atoms with E-state index in [-0.39, 0.29) is 6.61 Å². The van der Waals surface area contributed by atoms with Crippen molar-refractivity contribution in [1.29, 1.82) is 0 Å². The third kappa shape index (κ3) is 1.51. The largest absolute Gasteiger partial charge is 0.393 e. The summed E-state index contributed by atoms with van der Waals surface area (Å²) >= 11 is 0. The molecular weight excluding hydrogens is 220 g/mol. The van der Waals surface area contributed by atoms with Crippen LogP contribution in [0.1, 0.15) is 48.5 Å². The standard InChI is InChI=1S/C13H26O4/c1-9(2)10(3,4)17-11(5,8-14)13(7,16)12(9,6)15/h14-16H,8H2,1-7H3/t11-,12-,13+/m1/s1. The van der Waals surface area contributed by atoms with Gasteiger partial charge in [0.2, 0.25) is 0 Å². The summed E-state index contributed by atoms with van der Waals surface area (Å²) in [7, 11) is 0. The first kappa shape index (κ1) is 14.9. The fourth-order valence-corrected chi connectivity index (χ4v) is 2.69. The first-order chi connectivity index (χ1) is 7.27. The first-order valence-electron chi connectivity index (χ1n) is 6.03. The summed E-state index contributed by atoms with van der Waals surface area (Å²) in [5, 5.41) is 31.0. The summed E-state index contributed by atoms with van der Waals surface area (Å²) in [4.78, 5) is 0. The second-order valence-corrected chi connectivity index (χ2v) is 6.77. The van der Waals surface area contributed by atoms with Gasteiger partial charge in [0.05, 0.1) is 12.2 Å². The van der Waals surface area contributed by atoms with E-state index in [4.69, 9.17) is 4.74 Å². The molecule has 1 fully saturated rings. The van der Waals surface area contributed by atoms with Crippen molar-refractivity contribution in [3.05, 3.63) is 0 Å². The van der Waals surface area contributed by atoms with Crippen LogP contribution in [0.15, 0.2) is 0 Å². The van der Waals surface area contributed by atoms with Crippen LogP contribution in [0.4, 0.5) is 0 Å². The van der Waals surface area contributed by atoms with Gasteiger partial charge in [-0.05, 0) is 34.6 Å². The second kappa shape index (κ2) is 3.44. The van der Waals surface area contributed by atoms with Crippen molar-refractivity contribution in [2.45, 2.75) is 70.9 Å². The quantitative estimate of drug-likeness (QED) is 0.647. The molecule has 1 aliphatic rings. The molecule has 0 bridgehead atoms. The van der Waals surface area contributed by atoms with Crippen LogP contribution in [0.2, 0.25) is 0 Å². The van der Waals surface area contributed by atoms with Crippen LogP contribution in [0.3, 0.4) is 0 Å². The highest BCUT2D eigenvalue weighted by atomic mass is 16.6. The number of aliphatic hydroxyl groups is 3. The zero-order valence-electron chi connectivity index (χ0n) is 12.0. The van der Waals surface area contributed by atoms with Crippen molar-refractivity contribution in [2.75, 3.05) is 6.61 Å². The van der Waals surface area contributed by atoms with E-state index in [2.05, 4.69) is 0 Å². The molecule has 0 spiro atoms. The SMILES string of the molecule is CC1(C)O[C@](C)(CO)[C@](C)(O)[C@](C)(O)C1(C)C. The molecule has 4 heteroatoms. The van der Waals surface area contributed by atoms with E-state index in [9.17, 15) is 15.3 Å². The number of ether oxygens (including phenoxy) is 1. The Labute approximate surface area is 104 Å². The van der Waals surface area contributed by atoms with Crippen LogP contribution in [-0.4, -0.2) is 44.3 Å². The summed E-state index contributed by atoms with van der Waals surface area (Å²) in [5.74, 6) is 0. The average Bonchev–Trinajstić information content (AvgIpc) is 2.14. The van der Waals surface area contributed by atoms with Crippen LogP contribution >= 0.6 is 0 Å². The van der Waals surface area contributed by atoms with E-state index in [1.807, 2.05) is 27.7 Å². The Morgan fingerprint density at radius 3 is 1.59 bits per heavy atom. The van der Waals surface area contributed by atoms with Gasteiger partial charge in [0.1, 0.15) is 16.8 Å². The molecule has 0 radical (unpaired) electrons. The predicted molar refractivity (Wildman–Crippen MR) is 65.7 cm³/mol. The molecule has 102 valence electrons. The van der Waals surface area contributed by atoms with Crippen molar-refractivity contribution in [2.24, 2.45) is 5.41 Å². The maximum atomic E-state index is 10.8. The molecule has 3 atom stereocenters. The van der Waals surface area contributed by atoms with Gasteiger partial charge in [0, 0.05) is 5.41 Å². The average molecular weight is 246 g/mol. The van der Waals surface area contributed by atoms with Crippen LogP contribution in [0.5, 0.6) is 0 Å². The smallest absolute Gasteiger partial charge is 0.122 e. The molecule has 0 aromatic carbocycles. The topological polar surface area (TPSA) is 69.9 Å². The molecule has 17 heavy (non-hydrogen) atoms. The molecule has 3 N–H and O–H groups in total. The number of hydrogen-bond acceptors (Lipinski definition) is 4. The molecular formula is C13H26O4. The summed E-state index contributed by atoms with van der Waals surface area (Å²) in [6.45, 7) is 11.8. The molecule has 0 aliphatic carbocycles. The Morgan fingerprint density at radius 1 is 0.824 bits per heavy atom. The lowest BCUT2D eigenvalue weighted by Crippen LogP contribution is -2.80. The van der Waals surface area contributed by atoms with Crippen molar-refractivity contribution >= 4 is 0 Å². The monoisotopic (exact) mass is 246 g/mol. The third-order valence-corrected chi connectivity index (χ3v) is 5.48. The molecule has 1 heterocycles. The lowest BCUT2D eigenvalue weighted by atomic mass is 9.53. The van der Waals surface area contributed by atoms with Gasteiger partial charge in [0.15, 0.2) is 0 Å². The van der Waals surface area contributed by atoms with Gasteiger partial charge in [-0.15, -0.1) is 0 Å². The molecule has 0 aromatic heterocycles. The minimum absolute atomic E-state index is 0.352. The van der Waals surface area contributed by atoms with E-state index in [1.165, 1.54) is 6.92 Å². The maximum Gasteiger partial charge on any atom is 0.122 e. The van der Waals surface area contributed by atoms with E-state index in [1.54, 1.807) is 13.8 Å². The van der Waals surface area contributed by atoms with Gasteiger partial charge < -0.3 is 20.1 Å². The fraction of sp³-hybridized carbons (Fsp3) is 1.00. The summed E-state index contributed by atoms with van der Waals surface area (Å²) in [6, 6.07) is 0. The van der Waals surface area contributed by atoms with Gasteiger partial charge in [-0.1, -0.05) is 13.8 Å². The van der Waals surface area contributed by atoms with Crippen molar-refractivity contribution in [3.8, 4) is 0 Å². The second-order valence-electron chi connectivity index (χ2n) is 6.77. The van der Waals surface area contributed by atoms with Crippen LogP contribution in [0, 0.1) is 5.41 Å². The Balaban J connectivity index is 3.46. The van der Waals surface area contributed by atoms with Gasteiger partial charge in [-0.25, -0.2) is 0 Å². The molecule has 1 rings (SSSR count). The lowest BCUT2D eigenvalue weighted by molar-refractivity contribution is -0.380. The fourth-order valence-electron chi connectivity index (χ4n) is 2.69. The Morgan fingerprint density at radius 2 is 1.24 bits per heavy atom. The van der Waals surface area contributed by atoms with Crippen molar-refractivity contribution < 1.29 is 20.1 Å². The Hall–Kier alpha value is -0.160. The Bertz CT molecular complexity index is 317. The minimum atomic E-state index is -1.55. The Kier molecular flexibility index (Phi) is 3.02. The zero-order chi connectivity index (χ0) is 13.9. The summed E-state index contributed by atoms with van der Waals surface area (Å²) in [5.41, 5.74) is -5.48. The highest BCUT2D eigenvalue weighted by Gasteiger charge is 2.70. The summed E-state index contributed by atoms with van der Waals surface area (Å²) in [6.07, 6.45) is 0. The maximum absolute atomic E-state index is 10.8. The van der Waals surface area contributed by atoms with Gasteiger partial charge in [-0.3, -0.25) is 0 Å². The molecule has 4 nitrogen and oxygen atoms in total. The zero-order valence-corrected chi connectivity index (χ0v) is 12.0. The van der Waals surface area contributed by atoms with E-state index in [0.717, 1.165) is 0 Å². The van der Waals surface area contributed by atoms with Gasteiger partial charge in [-0.2, -0.15) is 0 Å². The van der Waals surface area contributed by atoms with Crippen molar-refractivity contribution in [3.63, 3.8) is 0 Å². The minimum Gasteiger partial charge on any atom is -0.393 e. The third-order valence-electron chi connectivity index (χ3n) is 5.48. The van der Waals surface area contributed by atoms with E-state index < -0.39 is 27.8 Å². The summed E-state index contributed by atoms with van der Waals surface area (Å²) < 4.78 is 5.92. The molecule has 0 amide bonds. The van der Waals surface area contributed by atoms with Gasteiger partial charge in [0.25, 0.3) is 0 Å².